The summed E-state index contributed by atoms with van der Waals surface area (Å²) in [5, 5.41) is 10.4. The number of rotatable bonds is 5. The van der Waals surface area contributed by atoms with Crippen molar-refractivity contribution in [3.8, 4) is 0 Å². The Labute approximate surface area is 180 Å². The summed E-state index contributed by atoms with van der Waals surface area (Å²) in [4.78, 5) is 0. The number of hydrogen-bond acceptors (Lipinski definition) is 2. The predicted octanol–water partition coefficient (Wildman–Crippen LogP) is 6.33. The molecule has 2 heteroatoms. The van der Waals surface area contributed by atoms with Gasteiger partial charge in [0.1, 0.15) is 0 Å². The summed E-state index contributed by atoms with van der Waals surface area (Å²) in [7, 11) is 0. The van der Waals surface area contributed by atoms with Gasteiger partial charge in [-0.15, -0.1) is 0 Å². The van der Waals surface area contributed by atoms with Gasteiger partial charge in [-0.3, -0.25) is 0 Å². The van der Waals surface area contributed by atoms with Crippen molar-refractivity contribution in [3.05, 3.63) is 11.6 Å². The normalized spacial score (nSPS) is 47.9. The minimum absolute atomic E-state index is 0.0403. The Morgan fingerprint density at radius 3 is 2.59 bits per heavy atom. The highest BCUT2D eigenvalue weighted by atomic mass is 16.3. The molecule has 0 aromatic carbocycles. The molecule has 1 unspecified atom stereocenters. The fourth-order valence-corrected chi connectivity index (χ4v) is 8.78. The van der Waals surface area contributed by atoms with E-state index in [1.165, 1.54) is 56.9 Å². The van der Waals surface area contributed by atoms with Gasteiger partial charge in [0.2, 0.25) is 0 Å². The van der Waals surface area contributed by atoms with Gasteiger partial charge < -0.3 is 10.8 Å². The van der Waals surface area contributed by atoms with Gasteiger partial charge in [-0.25, -0.2) is 0 Å². The standard InChI is InChI=1S/C27H47NO/c1-17(2)7-6-8-18(3)21-11-12-22-20-10-9-19-15-25(29)24(28)16-27(19,5)23(20)13-14-26(21,22)4/h9,17-18,20-25,29H,6-8,10-16,28H2,1-5H3/t18-,20+,21-,22+,23+,24?,25+,26-,27+/m1/s1. The number of aliphatic hydroxyl groups is 1. The van der Waals surface area contributed by atoms with Gasteiger partial charge in [0.25, 0.3) is 0 Å². The molecule has 0 aromatic rings. The Kier molecular flexibility index (Phi) is 6.01. The van der Waals surface area contributed by atoms with E-state index in [-0.39, 0.29) is 17.6 Å². The van der Waals surface area contributed by atoms with Crippen LogP contribution in [0.25, 0.3) is 0 Å². The third kappa shape index (κ3) is 3.65. The molecule has 0 radical (unpaired) electrons. The summed E-state index contributed by atoms with van der Waals surface area (Å²) in [6, 6.07) is -0.0403. The maximum atomic E-state index is 10.4. The lowest BCUT2D eigenvalue weighted by Gasteiger charge is -2.59. The molecule has 4 aliphatic rings. The van der Waals surface area contributed by atoms with Crippen molar-refractivity contribution in [3.63, 3.8) is 0 Å². The lowest BCUT2D eigenvalue weighted by molar-refractivity contribution is -0.0605. The van der Waals surface area contributed by atoms with Crippen molar-refractivity contribution in [2.24, 2.45) is 52.1 Å². The van der Waals surface area contributed by atoms with Crippen molar-refractivity contribution in [2.45, 2.75) is 111 Å². The largest absolute Gasteiger partial charge is 0.391 e. The summed E-state index contributed by atoms with van der Waals surface area (Å²) >= 11 is 0. The van der Waals surface area contributed by atoms with E-state index in [0.717, 1.165) is 48.3 Å². The molecule has 4 aliphatic carbocycles. The maximum absolute atomic E-state index is 10.4. The van der Waals surface area contributed by atoms with E-state index in [2.05, 4.69) is 40.7 Å². The van der Waals surface area contributed by atoms with E-state index in [4.69, 9.17) is 5.73 Å². The number of fused-ring (bicyclic) bond motifs is 5. The Morgan fingerprint density at radius 1 is 1.10 bits per heavy atom. The number of hydrogen-bond donors (Lipinski definition) is 2. The van der Waals surface area contributed by atoms with Crippen LogP contribution in [-0.2, 0) is 0 Å². The monoisotopic (exact) mass is 401 g/mol. The van der Waals surface area contributed by atoms with Gasteiger partial charge >= 0.3 is 0 Å². The van der Waals surface area contributed by atoms with Crippen LogP contribution in [0.15, 0.2) is 11.6 Å². The average molecular weight is 402 g/mol. The van der Waals surface area contributed by atoms with Crippen molar-refractivity contribution in [1.82, 2.24) is 0 Å². The van der Waals surface area contributed by atoms with Gasteiger partial charge in [0.15, 0.2) is 0 Å². The fraction of sp³-hybridized carbons (Fsp3) is 0.926. The molecule has 0 aromatic heterocycles. The van der Waals surface area contributed by atoms with Crippen LogP contribution in [0.3, 0.4) is 0 Å². The highest BCUT2D eigenvalue weighted by Gasteiger charge is 2.59. The molecule has 166 valence electrons. The van der Waals surface area contributed by atoms with Crippen LogP contribution < -0.4 is 5.73 Å². The van der Waals surface area contributed by atoms with E-state index >= 15 is 0 Å². The van der Waals surface area contributed by atoms with Crippen molar-refractivity contribution in [2.75, 3.05) is 0 Å². The van der Waals surface area contributed by atoms with Gasteiger partial charge in [0.05, 0.1) is 6.10 Å². The smallest absolute Gasteiger partial charge is 0.0728 e. The SMILES string of the molecule is CC(C)CCC[C@@H](C)[C@H]1CC[C@H]2[C@@H]3CC=C4C[C@H](O)C(N)C[C@]4(C)[C@H]3CC[C@]12C. The minimum atomic E-state index is -0.331. The van der Waals surface area contributed by atoms with Gasteiger partial charge in [0, 0.05) is 6.04 Å². The predicted molar refractivity (Wildman–Crippen MR) is 122 cm³/mol. The molecule has 29 heavy (non-hydrogen) atoms. The van der Waals surface area contributed by atoms with E-state index in [1.807, 2.05) is 0 Å². The zero-order chi connectivity index (χ0) is 21.0. The molecule has 3 fully saturated rings. The molecule has 0 saturated heterocycles. The lowest BCUT2D eigenvalue weighted by atomic mass is 9.46. The topological polar surface area (TPSA) is 46.2 Å². The van der Waals surface area contributed by atoms with Crippen LogP contribution in [0, 0.1) is 46.3 Å². The molecule has 0 amide bonds. The number of allylic oxidation sites excluding steroid dienone is 1. The van der Waals surface area contributed by atoms with Crippen LogP contribution >= 0.6 is 0 Å². The Morgan fingerprint density at radius 2 is 1.86 bits per heavy atom. The molecular formula is C27H47NO. The van der Waals surface area contributed by atoms with E-state index < -0.39 is 0 Å². The zero-order valence-electron chi connectivity index (χ0n) is 19.8. The molecule has 3 N–H and O–H groups in total. The summed E-state index contributed by atoms with van der Waals surface area (Å²) in [5.41, 5.74) is 8.70. The summed E-state index contributed by atoms with van der Waals surface area (Å²) in [6.07, 6.45) is 15.2. The number of nitrogens with two attached hydrogens (primary N) is 1. The average Bonchev–Trinajstić information content (AvgIpc) is 3.00. The Hall–Kier alpha value is -0.340. The lowest BCUT2D eigenvalue weighted by Crippen LogP contribution is -2.54. The molecule has 9 atom stereocenters. The van der Waals surface area contributed by atoms with Crippen LogP contribution in [-0.4, -0.2) is 17.3 Å². The van der Waals surface area contributed by atoms with Crippen molar-refractivity contribution < 1.29 is 5.11 Å². The van der Waals surface area contributed by atoms with Gasteiger partial charge in [-0.1, -0.05) is 65.5 Å². The summed E-state index contributed by atoms with van der Waals surface area (Å²) in [6.45, 7) is 12.4. The van der Waals surface area contributed by atoms with Crippen LogP contribution in [0.2, 0.25) is 0 Å². The maximum Gasteiger partial charge on any atom is 0.0728 e. The van der Waals surface area contributed by atoms with Crippen LogP contribution in [0.4, 0.5) is 0 Å². The first-order chi connectivity index (χ1) is 13.7. The molecule has 0 bridgehead atoms. The van der Waals surface area contributed by atoms with Gasteiger partial charge in [-0.2, -0.15) is 0 Å². The number of aliphatic hydroxyl groups excluding tert-OH is 1. The molecule has 4 rings (SSSR count). The van der Waals surface area contributed by atoms with Gasteiger partial charge in [-0.05, 0) is 91.3 Å². The van der Waals surface area contributed by atoms with Crippen molar-refractivity contribution in [1.29, 1.82) is 0 Å². The van der Waals surface area contributed by atoms with E-state index in [0.29, 0.717) is 5.41 Å². The molecule has 0 heterocycles. The van der Waals surface area contributed by atoms with Crippen LogP contribution in [0.1, 0.15) is 98.8 Å². The highest BCUT2D eigenvalue weighted by Crippen LogP contribution is 2.67. The molecular weight excluding hydrogens is 354 g/mol. The Balaban J connectivity index is 1.50. The Bertz CT molecular complexity index is 626. The van der Waals surface area contributed by atoms with Crippen LogP contribution in [0.5, 0.6) is 0 Å². The van der Waals surface area contributed by atoms with E-state index in [9.17, 15) is 5.11 Å². The van der Waals surface area contributed by atoms with Crippen molar-refractivity contribution >= 4 is 0 Å². The molecule has 0 aliphatic heterocycles. The molecule has 2 nitrogen and oxygen atoms in total. The summed E-state index contributed by atoms with van der Waals surface area (Å²) in [5.74, 6) is 5.18. The zero-order valence-corrected chi connectivity index (χ0v) is 19.8. The molecule has 3 saturated carbocycles. The first-order valence-electron chi connectivity index (χ1n) is 12.8. The fourth-order valence-electron chi connectivity index (χ4n) is 8.78. The third-order valence-electron chi connectivity index (χ3n) is 10.4. The first kappa shape index (κ1) is 21.9. The minimum Gasteiger partial charge on any atom is -0.391 e. The third-order valence-corrected chi connectivity index (χ3v) is 10.4. The quantitative estimate of drug-likeness (QED) is 0.529. The van der Waals surface area contributed by atoms with E-state index in [1.54, 1.807) is 0 Å². The second-order valence-corrected chi connectivity index (χ2v) is 12.4. The summed E-state index contributed by atoms with van der Waals surface area (Å²) < 4.78 is 0. The second-order valence-electron chi connectivity index (χ2n) is 12.4. The first-order valence-corrected chi connectivity index (χ1v) is 12.8. The highest BCUT2D eigenvalue weighted by molar-refractivity contribution is 5.26. The second kappa shape index (κ2) is 7.97. The molecule has 0 spiro atoms.